The number of anilines is 1. The predicted octanol–water partition coefficient (Wildman–Crippen LogP) is 3.79. The van der Waals surface area contributed by atoms with E-state index in [1.54, 1.807) is 30.3 Å². The monoisotopic (exact) mass is 433 g/mol. The van der Waals surface area contributed by atoms with Gasteiger partial charge in [-0.25, -0.2) is 10.5 Å². The van der Waals surface area contributed by atoms with Crippen LogP contribution in [0.5, 0.6) is 11.5 Å². The molecule has 0 saturated carbocycles. The zero-order valence-corrected chi connectivity index (χ0v) is 17.0. The smallest absolute Gasteiger partial charge is 0.330 e. The lowest BCUT2D eigenvalue weighted by Crippen LogP contribution is -2.18. The molecule has 3 aromatic carbocycles. The summed E-state index contributed by atoms with van der Waals surface area (Å²) in [4.78, 5) is 28.2. The van der Waals surface area contributed by atoms with Crippen LogP contribution in [0.15, 0.2) is 71.1 Å². The maximum Gasteiger partial charge on any atom is 0.330 e. The van der Waals surface area contributed by atoms with Crippen molar-refractivity contribution in [3.8, 4) is 11.5 Å². The lowest BCUT2D eigenvalue weighted by Gasteiger charge is -2.12. The largest absolute Gasteiger partial charge is 0.493 e. The fourth-order valence-corrected chi connectivity index (χ4v) is 3.02. The van der Waals surface area contributed by atoms with E-state index in [9.17, 15) is 9.59 Å². The van der Waals surface area contributed by atoms with E-state index in [2.05, 4.69) is 10.3 Å². The van der Waals surface area contributed by atoms with E-state index in [-0.39, 0.29) is 17.4 Å². The topological polar surface area (TPSA) is 123 Å². The second kappa shape index (κ2) is 9.19. The molecule has 1 heterocycles. The molecule has 0 aliphatic carbocycles. The van der Waals surface area contributed by atoms with Gasteiger partial charge >= 0.3 is 5.91 Å². The van der Waals surface area contributed by atoms with Crippen LogP contribution in [0.1, 0.15) is 26.6 Å². The molecule has 9 nitrogen and oxygen atoms in total. The summed E-state index contributed by atoms with van der Waals surface area (Å²) in [5, 5.41) is 11.5. The molecule has 4 rings (SSSR count). The maximum absolute atomic E-state index is 12.8. The van der Waals surface area contributed by atoms with Crippen LogP contribution in [0.4, 0.5) is 5.69 Å². The maximum atomic E-state index is 12.8. The van der Waals surface area contributed by atoms with Gasteiger partial charge in [-0.3, -0.25) is 14.8 Å². The van der Waals surface area contributed by atoms with Gasteiger partial charge in [-0.2, -0.15) is 0 Å². The molecular weight excluding hydrogens is 414 g/mol. The van der Waals surface area contributed by atoms with Gasteiger partial charge in [-0.1, -0.05) is 30.3 Å². The van der Waals surface area contributed by atoms with Crippen molar-refractivity contribution in [3.05, 3.63) is 83.7 Å². The fraction of sp³-hybridized carbons (Fsp3) is 0.0870. The molecule has 0 radical (unpaired) electrons. The molecule has 32 heavy (non-hydrogen) atoms. The molecule has 0 saturated heterocycles. The van der Waals surface area contributed by atoms with Gasteiger partial charge in [0, 0.05) is 17.3 Å². The molecule has 0 aliphatic heterocycles. The van der Waals surface area contributed by atoms with Crippen LogP contribution in [-0.4, -0.2) is 29.1 Å². The minimum atomic E-state index is -0.868. The first-order chi connectivity index (χ1) is 15.6. The van der Waals surface area contributed by atoms with Crippen molar-refractivity contribution in [3.63, 3.8) is 0 Å². The highest BCUT2D eigenvalue weighted by Gasteiger charge is 2.15. The number of carbonyl (C=O) groups excluding carboxylic acids is 2. The van der Waals surface area contributed by atoms with Crippen molar-refractivity contribution in [2.75, 3.05) is 12.4 Å². The van der Waals surface area contributed by atoms with Crippen molar-refractivity contribution >= 4 is 28.6 Å². The number of rotatable bonds is 7. The Hall–Kier alpha value is -4.37. The summed E-state index contributed by atoms with van der Waals surface area (Å²) in [6.45, 7) is 0.328. The summed E-state index contributed by atoms with van der Waals surface area (Å²) < 4.78 is 16.5. The van der Waals surface area contributed by atoms with Crippen LogP contribution in [0.2, 0.25) is 0 Å². The molecule has 0 spiro atoms. The molecule has 0 unspecified atom stereocenters. The average Bonchev–Trinajstić information content (AvgIpc) is 3.26. The van der Waals surface area contributed by atoms with E-state index in [0.29, 0.717) is 34.9 Å². The van der Waals surface area contributed by atoms with Gasteiger partial charge in [0.15, 0.2) is 17.1 Å². The molecule has 4 aromatic rings. The van der Waals surface area contributed by atoms with Crippen molar-refractivity contribution < 1.29 is 28.7 Å². The molecule has 9 heteroatoms. The molecule has 3 N–H and O–H groups in total. The van der Waals surface area contributed by atoms with Crippen LogP contribution >= 0.6 is 0 Å². The minimum Gasteiger partial charge on any atom is -0.493 e. The number of methoxy groups -OCH3 is 1. The lowest BCUT2D eigenvalue weighted by atomic mass is 10.1. The molecule has 0 bridgehead atoms. The number of nitrogens with zero attached hydrogens (tertiary/aromatic N) is 1. The van der Waals surface area contributed by atoms with Crippen LogP contribution in [0.3, 0.4) is 0 Å². The fourth-order valence-electron chi connectivity index (χ4n) is 3.02. The SMILES string of the molecule is COc1ccc(C(=O)Nc2ccc3nc(C(=O)NO)oc3c2)cc1OCc1ccccc1. The van der Waals surface area contributed by atoms with Crippen LogP contribution in [0.25, 0.3) is 11.1 Å². The zero-order chi connectivity index (χ0) is 22.5. The van der Waals surface area contributed by atoms with Crippen LogP contribution in [-0.2, 0) is 6.61 Å². The van der Waals surface area contributed by atoms with E-state index in [0.717, 1.165) is 5.56 Å². The second-order valence-electron chi connectivity index (χ2n) is 6.74. The number of fused-ring (bicyclic) bond motifs is 1. The van der Waals surface area contributed by atoms with E-state index in [4.69, 9.17) is 19.1 Å². The summed E-state index contributed by atoms with van der Waals surface area (Å²) in [5.41, 5.74) is 3.94. The van der Waals surface area contributed by atoms with E-state index in [1.807, 2.05) is 30.3 Å². The molecule has 1 aromatic heterocycles. The van der Waals surface area contributed by atoms with Crippen molar-refractivity contribution in [1.29, 1.82) is 0 Å². The predicted molar refractivity (Wildman–Crippen MR) is 115 cm³/mol. The third-order valence-corrected chi connectivity index (χ3v) is 4.61. The van der Waals surface area contributed by atoms with Crippen molar-refractivity contribution in [2.45, 2.75) is 6.61 Å². The van der Waals surface area contributed by atoms with Gasteiger partial charge < -0.3 is 19.2 Å². The number of hydroxylamine groups is 1. The number of carbonyl (C=O) groups is 2. The Morgan fingerprint density at radius 2 is 1.81 bits per heavy atom. The Morgan fingerprint density at radius 3 is 2.56 bits per heavy atom. The third kappa shape index (κ3) is 4.52. The highest BCUT2D eigenvalue weighted by Crippen LogP contribution is 2.29. The Kier molecular flexibility index (Phi) is 6.00. The molecular formula is C23H19N3O6. The summed E-state index contributed by atoms with van der Waals surface area (Å²) >= 11 is 0. The van der Waals surface area contributed by atoms with E-state index >= 15 is 0 Å². The molecule has 0 fully saturated rings. The summed E-state index contributed by atoms with van der Waals surface area (Å²) in [6, 6.07) is 19.3. The second-order valence-corrected chi connectivity index (χ2v) is 6.74. The van der Waals surface area contributed by atoms with E-state index < -0.39 is 5.91 Å². The number of hydrogen-bond acceptors (Lipinski definition) is 7. The molecule has 162 valence electrons. The summed E-state index contributed by atoms with van der Waals surface area (Å²) in [5.74, 6) is -0.580. The van der Waals surface area contributed by atoms with Crippen molar-refractivity contribution in [1.82, 2.24) is 10.5 Å². The Morgan fingerprint density at radius 1 is 1.00 bits per heavy atom. The van der Waals surface area contributed by atoms with Crippen LogP contribution in [0, 0.1) is 0 Å². The number of nitrogens with one attached hydrogen (secondary N) is 2. The number of aromatic nitrogens is 1. The summed E-state index contributed by atoms with van der Waals surface area (Å²) in [6.07, 6.45) is 0. The van der Waals surface area contributed by atoms with Gasteiger partial charge in [-0.05, 0) is 35.9 Å². The Bertz CT molecular complexity index is 1270. The molecule has 0 atom stereocenters. The highest BCUT2D eigenvalue weighted by molar-refractivity contribution is 6.05. The first kappa shape index (κ1) is 20.9. The molecule has 2 amide bonds. The highest BCUT2D eigenvalue weighted by atomic mass is 16.5. The van der Waals surface area contributed by atoms with Gasteiger partial charge in [0.2, 0.25) is 0 Å². The van der Waals surface area contributed by atoms with Crippen molar-refractivity contribution in [2.24, 2.45) is 0 Å². The average molecular weight is 433 g/mol. The minimum absolute atomic E-state index is 0.281. The number of ether oxygens (including phenoxy) is 2. The number of benzene rings is 3. The Balaban J connectivity index is 1.51. The van der Waals surface area contributed by atoms with Gasteiger partial charge in [0.05, 0.1) is 7.11 Å². The van der Waals surface area contributed by atoms with E-state index in [1.165, 1.54) is 18.7 Å². The van der Waals surface area contributed by atoms with Crippen LogP contribution < -0.4 is 20.3 Å². The van der Waals surface area contributed by atoms with Gasteiger partial charge in [0.1, 0.15) is 12.1 Å². The first-order valence-electron chi connectivity index (χ1n) is 9.58. The number of oxazole rings is 1. The first-order valence-corrected chi connectivity index (χ1v) is 9.58. The van der Waals surface area contributed by atoms with Gasteiger partial charge in [0.25, 0.3) is 11.8 Å². The molecule has 0 aliphatic rings. The number of hydrogen-bond donors (Lipinski definition) is 3. The van der Waals surface area contributed by atoms with Gasteiger partial charge in [-0.15, -0.1) is 0 Å². The quantitative estimate of drug-likeness (QED) is 0.299. The third-order valence-electron chi connectivity index (χ3n) is 4.61. The summed E-state index contributed by atoms with van der Waals surface area (Å²) in [7, 11) is 1.53. The Labute approximate surface area is 182 Å². The standard InChI is InChI=1S/C23H19N3O6/c1-30-18-10-7-15(11-20(18)31-13-14-5-3-2-4-6-14)21(27)24-16-8-9-17-19(12-16)32-23(25-17)22(28)26-29/h2-12,29H,13H2,1H3,(H,24,27)(H,26,28). The lowest BCUT2D eigenvalue weighted by molar-refractivity contribution is 0.0671. The number of amides is 2. The normalized spacial score (nSPS) is 10.6. The zero-order valence-electron chi connectivity index (χ0n) is 17.0.